The van der Waals surface area contributed by atoms with Crippen LogP contribution in [-0.2, 0) is 53.3 Å². The molecule has 13 nitrogen and oxygen atoms in total. The molecule has 0 amide bonds. The Morgan fingerprint density at radius 2 is 0.836 bits per heavy atom. The van der Waals surface area contributed by atoms with Crippen LogP contribution in [-0.4, -0.2) is 77.4 Å². The molecule has 3 fully saturated rings. The van der Waals surface area contributed by atoms with Gasteiger partial charge in [-0.05, 0) is 165 Å². The van der Waals surface area contributed by atoms with Gasteiger partial charge in [-0.2, -0.15) is 0 Å². The molecule has 0 saturated carbocycles. The Labute approximate surface area is 353 Å². The highest BCUT2D eigenvalue weighted by Gasteiger charge is 2.34. The van der Waals surface area contributed by atoms with E-state index in [4.69, 9.17) is 13.3 Å². The zero-order chi connectivity index (χ0) is 42.0. The van der Waals surface area contributed by atoms with Crippen LogP contribution in [0.1, 0.15) is 52.6 Å². The number of hydrogen-bond donors (Lipinski definition) is 6. The van der Waals surface area contributed by atoms with Crippen LogP contribution < -0.4 is 16.0 Å². The third-order valence-electron chi connectivity index (χ3n) is 13.6. The predicted octanol–water partition coefficient (Wildman–Crippen LogP) is 6.69. The van der Waals surface area contributed by atoms with Gasteiger partial charge in [-0.25, -0.2) is 0 Å². The van der Waals surface area contributed by atoms with Crippen LogP contribution in [0.25, 0.3) is 32.9 Å². The number of rotatable bonds is 18. The molecule has 6 heterocycles. The number of nitrogens with one attached hydrogen (secondary N) is 3. The summed E-state index contributed by atoms with van der Waals surface area (Å²) in [6.07, 6.45) is 8.79. The van der Waals surface area contributed by atoms with Gasteiger partial charge in [0.15, 0.2) is 0 Å². The van der Waals surface area contributed by atoms with E-state index in [-0.39, 0.29) is 17.8 Å². The molecule has 3 saturated heterocycles. The van der Waals surface area contributed by atoms with E-state index in [0.717, 1.165) is 105 Å². The summed E-state index contributed by atoms with van der Waals surface area (Å²) in [6, 6.07) is 18.4. The Morgan fingerprint density at radius 3 is 1.10 bits per heavy atom. The monoisotopic (exact) mass is 830 g/mol. The second kappa shape index (κ2) is 17.9. The lowest BCUT2D eigenvalue weighted by molar-refractivity contribution is -0.144. The molecule has 6 N–H and O–H groups in total. The first-order valence-corrected chi connectivity index (χ1v) is 21.7. The van der Waals surface area contributed by atoms with E-state index in [1.54, 1.807) is 18.8 Å². The van der Waals surface area contributed by atoms with E-state index in [1.165, 1.54) is 0 Å². The second-order valence-electron chi connectivity index (χ2n) is 17.6. The summed E-state index contributed by atoms with van der Waals surface area (Å²) in [7, 11) is 0. The van der Waals surface area contributed by atoms with Gasteiger partial charge in [-0.1, -0.05) is 18.2 Å². The van der Waals surface area contributed by atoms with Crippen molar-refractivity contribution >= 4 is 50.8 Å². The minimum absolute atomic E-state index is 0.0618. The zero-order valence-electron chi connectivity index (χ0n) is 34.2. The quantitative estimate of drug-likeness (QED) is 0.0538. The van der Waals surface area contributed by atoms with Crippen LogP contribution >= 0.6 is 0 Å². The van der Waals surface area contributed by atoms with E-state index >= 15 is 0 Å². The SMILES string of the molecule is O=C(O)[C@@H](Cc1coc2ccc(CN(Cc3ccc4occ(C[C@H](C(=O)O)[C@H]5CCNC5)c4c3)Cc3ccc4occ(C[C@H](C(=O)O)[C@H]5CCNC5)c4c3)cc12)[C@H]1CCNC1. The summed E-state index contributed by atoms with van der Waals surface area (Å²) >= 11 is 0. The number of benzene rings is 3. The summed E-state index contributed by atoms with van der Waals surface area (Å²) in [6.45, 7) is 6.25. The molecule has 6 atom stereocenters. The first-order valence-electron chi connectivity index (χ1n) is 21.7. The fourth-order valence-electron chi connectivity index (χ4n) is 10.2. The number of carbonyl (C=O) groups is 3. The lowest BCUT2D eigenvalue weighted by atomic mass is 9.86. The van der Waals surface area contributed by atoms with E-state index in [9.17, 15) is 29.7 Å². The van der Waals surface area contributed by atoms with Gasteiger partial charge in [0.05, 0.1) is 36.5 Å². The minimum atomic E-state index is -0.788. The molecule has 0 unspecified atom stereocenters. The van der Waals surface area contributed by atoms with E-state index in [2.05, 4.69) is 57.2 Å². The number of carboxylic acid groups (broad SMARTS) is 3. The van der Waals surface area contributed by atoms with Crippen molar-refractivity contribution in [2.24, 2.45) is 35.5 Å². The Balaban J connectivity index is 1.02. The average molecular weight is 831 g/mol. The summed E-state index contributed by atoms with van der Waals surface area (Å²) < 4.78 is 17.9. The summed E-state index contributed by atoms with van der Waals surface area (Å²) in [5, 5.41) is 43.3. The lowest BCUT2D eigenvalue weighted by Gasteiger charge is -2.23. The fourth-order valence-corrected chi connectivity index (χ4v) is 10.2. The molecule has 3 aliphatic rings. The molecule has 3 aromatic carbocycles. The molecule has 9 rings (SSSR count). The standard InChI is InChI=1S/C48H54N4O9/c53-46(54)40(31-7-10-49-19-31)16-34-25-59-43-4-1-28(13-37(34)43)22-52(23-29-2-5-44-38(14-29)35(26-60-44)17-41(47(55)56)32-8-11-50-20-32)24-30-3-6-45-39(15-30)36(27-61-45)18-42(48(57)58)33-9-12-51-21-33/h1-6,13-15,25-27,31-33,40-42,49-51H,7-12,16-24H2,(H,53,54)(H,55,56)(H,57,58)/t31-,32-,33-,40-,41-,42-/m0/s1. The van der Waals surface area contributed by atoms with Crippen LogP contribution in [0.15, 0.2) is 86.6 Å². The van der Waals surface area contributed by atoms with Gasteiger partial charge in [-0.3, -0.25) is 19.3 Å². The zero-order valence-corrected chi connectivity index (χ0v) is 34.2. The van der Waals surface area contributed by atoms with Crippen molar-refractivity contribution < 1.29 is 43.0 Å². The Morgan fingerprint density at radius 1 is 0.525 bits per heavy atom. The Kier molecular flexibility index (Phi) is 12.0. The predicted molar refractivity (Wildman–Crippen MR) is 229 cm³/mol. The molecule has 61 heavy (non-hydrogen) atoms. The molecule has 0 radical (unpaired) electrons. The average Bonchev–Trinajstić information content (AvgIpc) is 4.11. The van der Waals surface area contributed by atoms with Crippen LogP contribution in [0.5, 0.6) is 0 Å². The number of fused-ring (bicyclic) bond motifs is 3. The molecular formula is C48H54N4O9. The molecule has 3 aromatic heterocycles. The summed E-state index contributed by atoms with van der Waals surface area (Å²) in [5.41, 5.74) is 7.96. The second-order valence-corrected chi connectivity index (χ2v) is 17.6. The highest BCUT2D eigenvalue weighted by molar-refractivity contribution is 5.85. The molecule has 6 aromatic rings. The van der Waals surface area contributed by atoms with Crippen molar-refractivity contribution in [2.45, 2.75) is 58.2 Å². The van der Waals surface area contributed by atoms with Crippen molar-refractivity contribution in [1.29, 1.82) is 0 Å². The van der Waals surface area contributed by atoms with Gasteiger partial charge in [0.25, 0.3) is 0 Å². The Bertz CT molecular complexity index is 2240. The van der Waals surface area contributed by atoms with Gasteiger partial charge in [0, 0.05) is 35.8 Å². The molecule has 320 valence electrons. The number of nitrogens with zero attached hydrogens (tertiary/aromatic N) is 1. The minimum Gasteiger partial charge on any atom is -0.481 e. The van der Waals surface area contributed by atoms with Gasteiger partial charge in [-0.15, -0.1) is 0 Å². The summed E-state index contributed by atoms with van der Waals surface area (Å²) in [4.78, 5) is 39.6. The smallest absolute Gasteiger partial charge is 0.307 e. The van der Waals surface area contributed by atoms with Crippen molar-refractivity contribution in [3.05, 3.63) is 107 Å². The molecular weight excluding hydrogens is 777 g/mol. The third-order valence-corrected chi connectivity index (χ3v) is 13.6. The lowest BCUT2D eigenvalue weighted by Crippen LogP contribution is -2.27. The molecule has 0 bridgehead atoms. The van der Waals surface area contributed by atoms with Crippen molar-refractivity contribution in [3.8, 4) is 0 Å². The number of hydrogen-bond acceptors (Lipinski definition) is 10. The van der Waals surface area contributed by atoms with E-state index < -0.39 is 35.7 Å². The van der Waals surface area contributed by atoms with Crippen LogP contribution in [0.4, 0.5) is 0 Å². The first kappa shape index (κ1) is 40.9. The van der Waals surface area contributed by atoms with Gasteiger partial charge in [0.2, 0.25) is 0 Å². The maximum Gasteiger partial charge on any atom is 0.307 e. The summed E-state index contributed by atoms with van der Waals surface area (Å²) in [5.74, 6) is -3.71. The first-order chi connectivity index (χ1) is 29.7. The maximum atomic E-state index is 12.4. The van der Waals surface area contributed by atoms with E-state index in [1.807, 2.05) is 18.2 Å². The maximum absolute atomic E-state index is 12.4. The molecule has 13 heteroatoms. The Hall–Kier alpha value is -5.47. The normalized spacial score (nSPS) is 20.9. The number of aliphatic carboxylic acids is 3. The molecule has 0 aliphatic carbocycles. The van der Waals surface area contributed by atoms with Crippen LogP contribution in [0.2, 0.25) is 0 Å². The van der Waals surface area contributed by atoms with Crippen molar-refractivity contribution in [3.63, 3.8) is 0 Å². The topological polar surface area (TPSA) is 191 Å². The third kappa shape index (κ3) is 8.97. The largest absolute Gasteiger partial charge is 0.481 e. The fraction of sp³-hybridized carbons (Fsp3) is 0.438. The van der Waals surface area contributed by atoms with Crippen molar-refractivity contribution in [2.75, 3.05) is 39.3 Å². The van der Waals surface area contributed by atoms with Crippen LogP contribution in [0, 0.1) is 35.5 Å². The number of furan rings is 3. The molecule has 3 aliphatic heterocycles. The number of carboxylic acids is 3. The van der Waals surface area contributed by atoms with Gasteiger partial charge < -0.3 is 44.5 Å². The van der Waals surface area contributed by atoms with E-state index in [0.29, 0.717) is 58.5 Å². The highest BCUT2D eigenvalue weighted by atomic mass is 16.4. The van der Waals surface area contributed by atoms with Gasteiger partial charge >= 0.3 is 17.9 Å². The van der Waals surface area contributed by atoms with Gasteiger partial charge in [0.1, 0.15) is 16.7 Å². The molecule has 0 spiro atoms. The van der Waals surface area contributed by atoms with Crippen molar-refractivity contribution in [1.82, 2.24) is 20.9 Å². The highest BCUT2D eigenvalue weighted by Crippen LogP contribution is 2.34. The van der Waals surface area contributed by atoms with Crippen LogP contribution in [0.3, 0.4) is 0 Å².